The van der Waals surface area contributed by atoms with E-state index in [4.69, 9.17) is 0 Å². The van der Waals surface area contributed by atoms with Crippen LogP contribution in [-0.2, 0) is 17.8 Å². The van der Waals surface area contributed by atoms with Crippen molar-refractivity contribution in [1.82, 2.24) is 25.0 Å². The molecule has 1 fully saturated rings. The van der Waals surface area contributed by atoms with Crippen molar-refractivity contribution in [3.63, 3.8) is 0 Å². The molecule has 1 aromatic carbocycles. The van der Waals surface area contributed by atoms with Crippen LogP contribution in [-0.4, -0.2) is 51.7 Å². The molecule has 1 saturated heterocycles. The largest absolute Gasteiger partial charge is 0.341 e. The highest BCUT2D eigenvalue weighted by Crippen LogP contribution is 2.23. The van der Waals surface area contributed by atoms with E-state index in [1.807, 2.05) is 54.2 Å². The fourth-order valence-electron chi connectivity index (χ4n) is 3.50. The van der Waals surface area contributed by atoms with Crippen molar-refractivity contribution < 1.29 is 9.59 Å². The Morgan fingerprint density at radius 2 is 2.03 bits per heavy atom. The van der Waals surface area contributed by atoms with Crippen molar-refractivity contribution in [3.05, 3.63) is 58.4 Å². The van der Waals surface area contributed by atoms with Crippen LogP contribution < -0.4 is 10.2 Å². The number of rotatable bonds is 6. The number of nitrogens with one attached hydrogen (secondary N) is 1. The molecule has 0 aliphatic carbocycles. The number of nitrogens with zero attached hydrogens (tertiary/aromatic N) is 5. The molecule has 30 heavy (non-hydrogen) atoms. The van der Waals surface area contributed by atoms with E-state index in [0.717, 1.165) is 22.6 Å². The molecule has 1 N–H and O–H groups in total. The van der Waals surface area contributed by atoms with Gasteiger partial charge in [0.25, 0.3) is 0 Å². The van der Waals surface area contributed by atoms with E-state index in [-0.39, 0.29) is 18.4 Å². The quantitative estimate of drug-likeness (QED) is 0.659. The third-order valence-electron chi connectivity index (χ3n) is 5.22. The molecule has 1 aliphatic rings. The molecule has 9 heteroatoms. The smallest absolute Gasteiger partial charge is 0.323 e. The highest BCUT2D eigenvalue weighted by atomic mass is 32.1. The van der Waals surface area contributed by atoms with Gasteiger partial charge in [-0.05, 0) is 26.0 Å². The maximum absolute atomic E-state index is 12.8. The maximum atomic E-state index is 12.8. The summed E-state index contributed by atoms with van der Waals surface area (Å²) in [5.74, 6) is -0.0241. The summed E-state index contributed by atoms with van der Waals surface area (Å²) in [6.45, 7) is 5.69. The number of amides is 3. The predicted octanol–water partition coefficient (Wildman–Crippen LogP) is 2.68. The van der Waals surface area contributed by atoms with E-state index in [1.165, 1.54) is 11.3 Å². The van der Waals surface area contributed by atoms with Gasteiger partial charge in [-0.1, -0.05) is 18.2 Å². The second kappa shape index (κ2) is 8.27. The molecule has 0 atom stereocenters. The van der Waals surface area contributed by atoms with Gasteiger partial charge >= 0.3 is 6.03 Å². The van der Waals surface area contributed by atoms with Gasteiger partial charge in [0.2, 0.25) is 5.91 Å². The molecular weight excluding hydrogens is 400 g/mol. The molecule has 0 bridgehead atoms. The first-order chi connectivity index (χ1) is 14.4. The lowest BCUT2D eigenvalue weighted by Gasteiger charge is -2.17. The van der Waals surface area contributed by atoms with Crippen LogP contribution in [0, 0.1) is 13.8 Å². The van der Waals surface area contributed by atoms with Gasteiger partial charge in [0.1, 0.15) is 0 Å². The molecule has 2 aromatic heterocycles. The van der Waals surface area contributed by atoms with Crippen molar-refractivity contribution in [2.24, 2.45) is 0 Å². The fourth-order valence-corrected chi connectivity index (χ4v) is 4.34. The van der Waals surface area contributed by atoms with Crippen LogP contribution in [0.15, 0.2) is 35.7 Å². The molecule has 3 heterocycles. The topological polar surface area (TPSA) is 83.4 Å². The minimum atomic E-state index is -0.138. The number of urea groups is 1. The third-order valence-corrected chi connectivity index (χ3v) is 6.14. The highest BCUT2D eigenvalue weighted by molar-refractivity contribution is 7.14. The van der Waals surface area contributed by atoms with E-state index in [0.29, 0.717) is 30.5 Å². The van der Waals surface area contributed by atoms with Crippen LogP contribution >= 0.6 is 11.3 Å². The number of para-hydroxylation sites is 1. The summed E-state index contributed by atoms with van der Waals surface area (Å²) in [7, 11) is 1.79. The molecule has 156 valence electrons. The van der Waals surface area contributed by atoms with Crippen molar-refractivity contribution in [3.8, 4) is 5.69 Å². The second-order valence-corrected chi connectivity index (χ2v) is 8.16. The van der Waals surface area contributed by atoms with E-state index in [1.54, 1.807) is 16.8 Å². The lowest BCUT2D eigenvalue weighted by Crippen LogP contribution is -2.29. The number of aromatic nitrogens is 3. The van der Waals surface area contributed by atoms with E-state index >= 15 is 0 Å². The monoisotopic (exact) mass is 424 g/mol. The summed E-state index contributed by atoms with van der Waals surface area (Å²) in [6.07, 6.45) is 0.202. The normalized spacial score (nSPS) is 13.6. The minimum Gasteiger partial charge on any atom is -0.341 e. The summed E-state index contributed by atoms with van der Waals surface area (Å²) in [5, 5.41) is 9.89. The first kappa shape index (κ1) is 20.1. The first-order valence-electron chi connectivity index (χ1n) is 9.78. The molecule has 4 rings (SSSR count). The van der Waals surface area contributed by atoms with Crippen molar-refractivity contribution in [2.45, 2.75) is 26.8 Å². The number of anilines is 1. The number of carbonyl (C=O) groups is 2. The Labute approximate surface area is 179 Å². The first-order valence-corrected chi connectivity index (χ1v) is 10.7. The van der Waals surface area contributed by atoms with Gasteiger partial charge in [-0.2, -0.15) is 5.10 Å². The van der Waals surface area contributed by atoms with Crippen molar-refractivity contribution in [1.29, 1.82) is 0 Å². The SMILES string of the molecule is Cc1nn(-c2ccccc2)c(C)c1CN(C)C(=O)Cc1csc(N2CCNC2=O)n1. The van der Waals surface area contributed by atoms with Crippen LogP contribution in [0.5, 0.6) is 0 Å². The molecular formula is C21H24N6O2S. The van der Waals surface area contributed by atoms with Gasteiger partial charge in [-0.3, -0.25) is 9.69 Å². The lowest BCUT2D eigenvalue weighted by molar-refractivity contribution is -0.129. The summed E-state index contributed by atoms with van der Waals surface area (Å²) in [5.41, 5.74) is 4.66. The molecule has 3 aromatic rings. The molecule has 0 spiro atoms. The molecule has 3 amide bonds. The zero-order valence-corrected chi connectivity index (χ0v) is 18.1. The predicted molar refractivity (Wildman–Crippen MR) is 116 cm³/mol. The van der Waals surface area contributed by atoms with Crippen LogP contribution in [0.3, 0.4) is 0 Å². The summed E-state index contributed by atoms with van der Waals surface area (Å²) < 4.78 is 1.91. The Morgan fingerprint density at radius 3 is 2.73 bits per heavy atom. The number of benzene rings is 1. The van der Waals surface area contributed by atoms with Crippen molar-refractivity contribution in [2.75, 3.05) is 25.0 Å². The van der Waals surface area contributed by atoms with Crippen LogP contribution in [0.25, 0.3) is 5.69 Å². The number of likely N-dealkylation sites (N-methyl/N-ethyl adjacent to an activating group) is 1. The van der Waals surface area contributed by atoms with Crippen LogP contribution in [0.1, 0.15) is 22.6 Å². The Bertz CT molecular complexity index is 1070. The van der Waals surface area contributed by atoms with E-state index in [9.17, 15) is 9.59 Å². The van der Waals surface area contributed by atoms with E-state index in [2.05, 4.69) is 15.4 Å². The van der Waals surface area contributed by atoms with Crippen LogP contribution in [0.2, 0.25) is 0 Å². The summed E-state index contributed by atoms with van der Waals surface area (Å²) in [4.78, 5) is 32.3. The van der Waals surface area contributed by atoms with E-state index < -0.39 is 0 Å². The molecule has 0 radical (unpaired) electrons. The number of aryl methyl sites for hydroxylation is 1. The van der Waals surface area contributed by atoms with Gasteiger partial charge in [0, 0.05) is 43.3 Å². The van der Waals surface area contributed by atoms with Gasteiger partial charge in [-0.15, -0.1) is 11.3 Å². The Balaban J connectivity index is 1.44. The Kier molecular flexibility index (Phi) is 5.54. The number of thiazole rings is 1. The lowest BCUT2D eigenvalue weighted by atomic mass is 10.1. The standard InChI is InChI=1S/C21H24N6O2S/c1-14-18(15(2)27(24-14)17-7-5-4-6-8-17)12-25(3)19(28)11-16-13-30-21(23-16)26-10-9-22-20(26)29/h4-8,13H,9-12H2,1-3H3,(H,22,29). The third kappa shape index (κ3) is 3.93. The zero-order valence-electron chi connectivity index (χ0n) is 17.3. The van der Waals surface area contributed by atoms with Gasteiger partial charge in [-0.25, -0.2) is 14.5 Å². The van der Waals surface area contributed by atoms with Gasteiger partial charge < -0.3 is 10.2 Å². The van der Waals surface area contributed by atoms with Gasteiger partial charge in [0.05, 0.1) is 23.5 Å². The van der Waals surface area contributed by atoms with Crippen molar-refractivity contribution >= 4 is 28.4 Å². The average molecular weight is 425 g/mol. The molecule has 0 unspecified atom stereocenters. The van der Waals surface area contributed by atoms with Crippen LogP contribution in [0.4, 0.5) is 9.93 Å². The second-order valence-electron chi connectivity index (χ2n) is 7.33. The Hall–Kier alpha value is -3.20. The zero-order chi connectivity index (χ0) is 21.3. The molecule has 8 nitrogen and oxygen atoms in total. The van der Waals surface area contributed by atoms with Gasteiger partial charge in [0.15, 0.2) is 5.13 Å². The average Bonchev–Trinajstić information content (AvgIpc) is 3.44. The summed E-state index contributed by atoms with van der Waals surface area (Å²) >= 11 is 1.38. The minimum absolute atomic E-state index is 0.0241. The fraction of sp³-hybridized carbons (Fsp3) is 0.333. The summed E-state index contributed by atoms with van der Waals surface area (Å²) in [6, 6.07) is 9.82. The maximum Gasteiger partial charge on any atom is 0.323 e. The molecule has 0 saturated carbocycles. The molecule has 1 aliphatic heterocycles. The number of hydrogen-bond acceptors (Lipinski definition) is 5. The highest BCUT2D eigenvalue weighted by Gasteiger charge is 2.24. The number of carbonyl (C=O) groups excluding carboxylic acids is 2. The Morgan fingerprint density at radius 1 is 1.27 bits per heavy atom. The number of hydrogen-bond donors (Lipinski definition) is 1.